The summed E-state index contributed by atoms with van der Waals surface area (Å²) in [6, 6.07) is 63.6. The predicted octanol–water partition coefficient (Wildman–Crippen LogP) is 9.26. The molecule has 2 N–H and O–H groups in total. The average Bonchev–Trinajstić information content (AvgIpc) is 0.811. The van der Waals surface area contributed by atoms with Crippen LogP contribution in [0.5, 0.6) is 51.7 Å². The quantitative estimate of drug-likeness (QED) is 0.0224. The molecule has 0 saturated heterocycles. The fourth-order valence-corrected chi connectivity index (χ4v) is 13.8. The number of ether oxygens (including phenoxy) is 4. The monoisotopic (exact) mass is 1350 g/mol. The third-order valence-electron chi connectivity index (χ3n) is 15.7. The van der Waals surface area contributed by atoms with Crippen LogP contribution in [-0.2, 0) is 55.4 Å². The van der Waals surface area contributed by atoms with Crippen molar-refractivity contribution >= 4 is 41.8 Å². The Kier molecular flexibility index (Phi) is 24.2. The van der Waals surface area contributed by atoms with Gasteiger partial charge >= 0.3 is 59.1 Å². The Balaban J connectivity index is 0.000000297. The van der Waals surface area contributed by atoms with Crippen LogP contribution < -0.4 is 83.3 Å². The Morgan fingerprint density at radius 1 is 0.387 bits per heavy atom. The number of rotatable bonds is 21. The van der Waals surface area contributed by atoms with Gasteiger partial charge in [-0.15, -0.1) is 0 Å². The maximum atomic E-state index is 13.9. The standard InChI is InChI=1S/C43H40O12S3.C28H26O4S.2Na/c1-42(2,28-6-14-32(44)15-7-28)30-10-18-34(19-11-30)52-38-24-22-36(26-40(38)56-55-54-45)57(46,47)37-23-25-39(41(27-37)58(48,49)50)53-35-20-12-31(13-21-35)43(3,4)29-8-16-33(51-5)17-9-29;1-20-4-16-26(17-5-20)33(30,31)27-18-14-25(15-19-27)32-24-12-8-22(9-13-24)28(2,3)21-6-10-23(29)11-7-21;;/h6-27,44-45H,1-5H3,(H,48,49,50);4-19,29H,1-3H3;;/q;;2*+1/p-2. The molecule has 0 amide bonds. The summed E-state index contributed by atoms with van der Waals surface area (Å²) in [6.07, 6.45) is 0. The average molecular weight is 1350 g/mol. The Labute approximate surface area is 591 Å². The van der Waals surface area contributed by atoms with Crippen LogP contribution in [0.25, 0.3) is 0 Å². The summed E-state index contributed by atoms with van der Waals surface area (Å²) in [6.45, 7) is 14.3. The first-order valence-corrected chi connectivity index (χ1v) is 33.3. The van der Waals surface area contributed by atoms with E-state index in [9.17, 15) is 45.3 Å². The van der Waals surface area contributed by atoms with E-state index in [0.717, 1.165) is 69.0 Å². The molecule has 0 aliphatic heterocycles. The summed E-state index contributed by atoms with van der Waals surface area (Å²) in [4.78, 5) is -1.20. The van der Waals surface area contributed by atoms with Gasteiger partial charge in [0.1, 0.15) is 61.9 Å². The molecule has 16 nitrogen and oxygen atoms in total. The minimum Gasteiger partial charge on any atom is -0.744 e. The van der Waals surface area contributed by atoms with E-state index in [1.807, 2.05) is 132 Å². The van der Waals surface area contributed by atoms with Crippen LogP contribution in [0.15, 0.2) is 260 Å². The fourth-order valence-electron chi connectivity index (χ4n) is 9.94. The molecule has 0 heterocycles. The molecule has 0 unspecified atom stereocenters. The summed E-state index contributed by atoms with van der Waals surface area (Å²) < 4.78 is 118. The number of benzene rings is 10. The van der Waals surface area contributed by atoms with Crippen LogP contribution in [0, 0.1) is 6.92 Å². The number of hydrogen-bond acceptors (Lipinski definition) is 17. The number of aromatic hydroxyl groups is 2. The van der Waals surface area contributed by atoms with Crippen molar-refractivity contribution in [2.24, 2.45) is 0 Å². The second kappa shape index (κ2) is 30.6. The van der Waals surface area contributed by atoms with Gasteiger partial charge in [-0.3, -0.25) is 5.04 Å². The van der Waals surface area contributed by atoms with Gasteiger partial charge in [0.15, 0.2) is 0 Å². The van der Waals surface area contributed by atoms with Crippen molar-refractivity contribution in [2.75, 3.05) is 7.11 Å². The van der Waals surface area contributed by atoms with Crippen molar-refractivity contribution in [3.8, 4) is 51.7 Å². The Morgan fingerprint density at radius 3 is 1.06 bits per heavy atom. The van der Waals surface area contributed by atoms with Gasteiger partial charge in [0.05, 0.1) is 48.5 Å². The Hall–Kier alpha value is -6.96. The zero-order valence-electron chi connectivity index (χ0n) is 52.7. The van der Waals surface area contributed by atoms with E-state index in [4.69, 9.17) is 18.9 Å². The van der Waals surface area contributed by atoms with Crippen molar-refractivity contribution in [3.05, 3.63) is 269 Å². The van der Waals surface area contributed by atoms with E-state index in [-0.39, 0.29) is 113 Å². The van der Waals surface area contributed by atoms with E-state index < -0.39 is 50.4 Å². The van der Waals surface area contributed by atoms with E-state index in [1.165, 1.54) is 12.1 Å². The molecule has 0 aliphatic carbocycles. The third kappa shape index (κ3) is 17.5. The zero-order valence-corrected chi connectivity index (χ0v) is 59.9. The van der Waals surface area contributed by atoms with Gasteiger partial charge in [-0.2, -0.15) is 4.33 Å². The molecule has 0 bridgehead atoms. The van der Waals surface area contributed by atoms with Crippen LogP contribution in [0.3, 0.4) is 0 Å². The first-order chi connectivity index (χ1) is 43.1. The maximum absolute atomic E-state index is 13.9. The minimum atomic E-state index is -5.24. The number of phenols is 2. The van der Waals surface area contributed by atoms with Gasteiger partial charge in [0, 0.05) is 16.2 Å². The summed E-state index contributed by atoms with van der Waals surface area (Å²) in [5.74, 6) is 2.69. The largest absolute Gasteiger partial charge is 1.00 e. The van der Waals surface area contributed by atoms with E-state index >= 15 is 0 Å². The van der Waals surface area contributed by atoms with Crippen molar-refractivity contribution in [2.45, 2.75) is 94.1 Å². The van der Waals surface area contributed by atoms with Gasteiger partial charge in [-0.25, -0.2) is 25.3 Å². The molecule has 0 saturated carbocycles. The maximum Gasteiger partial charge on any atom is 1.00 e. The van der Waals surface area contributed by atoms with Crippen molar-refractivity contribution in [1.82, 2.24) is 0 Å². The summed E-state index contributed by atoms with van der Waals surface area (Å²) in [5, 5.41) is 33.5. The summed E-state index contributed by atoms with van der Waals surface area (Å²) >= 11 is 0.396. The number of methoxy groups -OCH3 is 1. The first kappa shape index (κ1) is 73.5. The predicted molar refractivity (Wildman–Crippen MR) is 343 cm³/mol. The van der Waals surface area contributed by atoms with E-state index in [2.05, 4.69) is 23.2 Å². The minimum absolute atomic E-state index is 0. The van der Waals surface area contributed by atoms with Crippen LogP contribution in [0.4, 0.5) is 0 Å². The van der Waals surface area contributed by atoms with Crippen molar-refractivity contribution in [1.29, 1.82) is 0 Å². The van der Waals surface area contributed by atoms with Gasteiger partial charge in [-0.05, 0) is 186 Å². The molecule has 0 radical (unpaired) electrons. The molecular formula is C71H64Na2O16S4. The normalized spacial score (nSPS) is 11.8. The number of sulfone groups is 2. The zero-order chi connectivity index (χ0) is 65.5. The van der Waals surface area contributed by atoms with E-state index in [0.29, 0.717) is 29.3 Å². The van der Waals surface area contributed by atoms with E-state index in [1.54, 1.807) is 104 Å². The molecule has 0 spiro atoms. The van der Waals surface area contributed by atoms with Gasteiger partial charge in [0.25, 0.3) is 0 Å². The van der Waals surface area contributed by atoms with Crippen LogP contribution in [0.2, 0.25) is 0 Å². The van der Waals surface area contributed by atoms with Gasteiger partial charge in [-0.1, -0.05) is 132 Å². The second-order valence-corrected chi connectivity index (χ2v) is 28.7. The van der Waals surface area contributed by atoms with Crippen LogP contribution >= 0.6 is 12.0 Å². The molecule has 10 aromatic carbocycles. The Morgan fingerprint density at radius 2 is 0.688 bits per heavy atom. The molecule has 10 aromatic rings. The molecule has 0 atom stereocenters. The van der Waals surface area contributed by atoms with Crippen molar-refractivity contribution < 1.29 is 133 Å². The molecule has 0 fully saturated rings. The first-order valence-electron chi connectivity index (χ1n) is 28.2. The molecule has 0 aromatic heterocycles. The smallest absolute Gasteiger partial charge is 0.744 e. The van der Waals surface area contributed by atoms with Crippen LogP contribution in [-0.4, -0.2) is 47.1 Å². The van der Waals surface area contributed by atoms with Crippen molar-refractivity contribution in [3.63, 3.8) is 0 Å². The number of phenolic OH excluding ortho intramolecular Hbond substituents is 2. The fraction of sp³-hybridized carbons (Fsp3) is 0.155. The SMILES string of the molecule is COc1ccc(C(C)(C)c2ccc(Oc3ccc(S(=O)(=O)c4ccc(Oc5ccc(C(C)(C)c6ccc(O)cc6)cc5)c(SOO[O-])c4)cc3S(=O)(=O)[O-])cc2)cc1.Cc1ccc(S(=O)(=O)c2ccc(Oc3ccc(C(C)(C)c4ccc(O)cc4)cc3)cc2)cc1.[Na+].[Na+]. The second-order valence-electron chi connectivity index (χ2n) is 22.8. The number of aryl methyl sites for hydroxylation is 1. The molecular weight excluding hydrogens is 1280 g/mol. The Bertz CT molecular complexity index is 4520. The summed E-state index contributed by atoms with van der Waals surface area (Å²) in [5.41, 5.74) is 6.02. The topological polar surface area (TPSA) is 244 Å². The van der Waals surface area contributed by atoms with Crippen LogP contribution in [0.1, 0.15) is 80.5 Å². The molecule has 10 rings (SSSR count). The molecule has 470 valence electrons. The molecule has 93 heavy (non-hydrogen) atoms. The molecule has 0 aliphatic rings. The van der Waals surface area contributed by atoms with Gasteiger partial charge in [0.2, 0.25) is 19.7 Å². The molecule has 22 heteroatoms. The summed E-state index contributed by atoms with van der Waals surface area (Å²) in [7, 11) is -11.7. The third-order valence-corrected chi connectivity index (χ3v) is 20.8. The van der Waals surface area contributed by atoms with Gasteiger partial charge < -0.3 is 39.0 Å². The number of hydrogen-bond donors (Lipinski definition) is 2.